The van der Waals surface area contributed by atoms with Crippen molar-refractivity contribution in [2.75, 3.05) is 0 Å². The molecule has 0 atom stereocenters. The molecule has 1 rings (SSSR count). The highest BCUT2D eigenvalue weighted by atomic mass is 79.9. The van der Waals surface area contributed by atoms with Crippen molar-refractivity contribution in [3.63, 3.8) is 0 Å². The predicted molar refractivity (Wildman–Crippen MR) is 48.7 cm³/mol. The lowest BCUT2D eigenvalue weighted by Crippen LogP contribution is -2.18. The van der Waals surface area contributed by atoms with Crippen molar-refractivity contribution in [1.82, 2.24) is 0 Å². The number of halogens is 5. The fraction of sp³-hybridized carbons (Fsp3) is 0.250. The molecule has 0 radical (unpaired) electrons. The summed E-state index contributed by atoms with van der Waals surface area (Å²) >= 11 is 2.96. The summed E-state index contributed by atoms with van der Waals surface area (Å²) in [7, 11) is 0. The topological polar surface area (TPSA) is 35.2 Å². The van der Waals surface area contributed by atoms with Gasteiger partial charge in [-0.2, -0.15) is 0 Å². The van der Waals surface area contributed by atoms with Crippen LogP contribution in [0.3, 0.4) is 0 Å². The van der Waals surface area contributed by atoms with Crippen LogP contribution in [0.2, 0.25) is 0 Å². The van der Waals surface area contributed by atoms with Gasteiger partial charge < -0.3 is 10.5 Å². The number of alkyl halides is 3. The number of nitrogens with two attached hydrogens (primary N) is 1. The van der Waals surface area contributed by atoms with Gasteiger partial charge in [0.15, 0.2) is 11.6 Å². The highest BCUT2D eigenvalue weighted by Gasteiger charge is 2.32. The minimum atomic E-state index is -4.92. The first kappa shape index (κ1) is 12.3. The van der Waals surface area contributed by atoms with Gasteiger partial charge in [-0.3, -0.25) is 0 Å². The standard InChI is InChI=1S/C8H6BrF4NO/c9-5-1-2-6(15-8(11,12)13)7(10)4(5)3-14/h1-2H,3,14H2. The van der Waals surface area contributed by atoms with E-state index in [0.717, 1.165) is 6.07 Å². The maximum Gasteiger partial charge on any atom is 0.573 e. The van der Waals surface area contributed by atoms with Crippen LogP contribution in [0, 0.1) is 5.82 Å². The number of benzene rings is 1. The van der Waals surface area contributed by atoms with E-state index >= 15 is 0 Å². The highest BCUT2D eigenvalue weighted by molar-refractivity contribution is 9.10. The predicted octanol–water partition coefficient (Wildman–Crippen LogP) is 2.95. The quantitative estimate of drug-likeness (QED) is 0.849. The molecular formula is C8H6BrF4NO. The van der Waals surface area contributed by atoms with E-state index in [-0.39, 0.29) is 12.1 Å². The second-order valence-corrected chi connectivity index (χ2v) is 3.44. The van der Waals surface area contributed by atoms with Crippen molar-refractivity contribution >= 4 is 15.9 Å². The molecule has 2 nitrogen and oxygen atoms in total. The molecule has 0 heterocycles. The summed E-state index contributed by atoms with van der Waals surface area (Å²) in [4.78, 5) is 0. The molecule has 2 N–H and O–H groups in total. The molecular weight excluding hydrogens is 282 g/mol. The molecule has 0 aliphatic heterocycles. The first-order chi connectivity index (χ1) is 6.85. The van der Waals surface area contributed by atoms with Crippen molar-refractivity contribution < 1.29 is 22.3 Å². The van der Waals surface area contributed by atoms with Crippen LogP contribution in [-0.4, -0.2) is 6.36 Å². The van der Waals surface area contributed by atoms with Gasteiger partial charge in [-0.25, -0.2) is 4.39 Å². The maximum atomic E-state index is 13.3. The highest BCUT2D eigenvalue weighted by Crippen LogP contribution is 2.30. The van der Waals surface area contributed by atoms with Crippen LogP contribution in [0.5, 0.6) is 5.75 Å². The Morgan fingerprint density at radius 3 is 2.40 bits per heavy atom. The molecule has 1 aromatic rings. The minimum Gasteiger partial charge on any atom is -0.403 e. The summed E-state index contributed by atoms with van der Waals surface area (Å²) in [5, 5.41) is 0. The van der Waals surface area contributed by atoms with E-state index in [1.165, 1.54) is 6.07 Å². The molecule has 7 heteroatoms. The van der Waals surface area contributed by atoms with E-state index in [4.69, 9.17) is 5.73 Å². The average Bonchev–Trinajstić information content (AvgIpc) is 2.09. The Morgan fingerprint density at radius 2 is 1.93 bits per heavy atom. The van der Waals surface area contributed by atoms with E-state index in [1.54, 1.807) is 0 Å². The van der Waals surface area contributed by atoms with Gasteiger partial charge in [0, 0.05) is 16.6 Å². The van der Waals surface area contributed by atoms with Crippen LogP contribution in [0.1, 0.15) is 5.56 Å². The first-order valence-electron chi connectivity index (χ1n) is 3.78. The maximum absolute atomic E-state index is 13.3. The average molecular weight is 288 g/mol. The van der Waals surface area contributed by atoms with Crippen LogP contribution in [0.15, 0.2) is 16.6 Å². The van der Waals surface area contributed by atoms with Gasteiger partial charge in [0.05, 0.1) is 0 Å². The fourth-order valence-corrected chi connectivity index (χ4v) is 1.43. The van der Waals surface area contributed by atoms with E-state index < -0.39 is 17.9 Å². The van der Waals surface area contributed by atoms with Gasteiger partial charge in [-0.05, 0) is 12.1 Å². The van der Waals surface area contributed by atoms with Crippen LogP contribution in [0.25, 0.3) is 0 Å². The first-order valence-corrected chi connectivity index (χ1v) is 4.57. The number of ether oxygens (including phenoxy) is 1. The minimum absolute atomic E-state index is 0.0586. The Morgan fingerprint density at radius 1 is 1.33 bits per heavy atom. The van der Waals surface area contributed by atoms with E-state index in [0.29, 0.717) is 4.47 Å². The summed E-state index contributed by atoms with van der Waals surface area (Å²) in [6.45, 7) is -0.221. The molecule has 0 bridgehead atoms. The van der Waals surface area contributed by atoms with Gasteiger partial charge in [0.1, 0.15) is 0 Å². The summed E-state index contributed by atoms with van der Waals surface area (Å²) in [6.07, 6.45) is -4.92. The molecule has 1 aromatic carbocycles. The van der Waals surface area contributed by atoms with Crippen molar-refractivity contribution in [3.05, 3.63) is 28.0 Å². The van der Waals surface area contributed by atoms with Gasteiger partial charge in [0.2, 0.25) is 0 Å². The van der Waals surface area contributed by atoms with Crippen LogP contribution >= 0.6 is 15.9 Å². The zero-order chi connectivity index (χ0) is 11.6. The van der Waals surface area contributed by atoms with Crippen molar-refractivity contribution in [3.8, 4) is 5.75 Å². The van der Waals surface area contributed by atoms with E-state index in [2.05, 4.69) is 20.7 Å². The fourth-order valence-electron chi connectivity index (χ4n) is 0.967. The summed E-state index contributed by atoms with van der Waals surface area (Å²) < 4.78 is 52.6. The molecule has 15 heavy (non-hydrogen) atoms. The summed E-state index contributed by atoms with van der Waals surface area (Å²) in [5.41, 5.74) is 5.12. The summed E-state index contributed by atoms with van der Waals surface area (Å²) in [6, 6.07) is 2.12. The third-order valence-corrected chi connectivity index (χ3v) is 2.32. The van der Waals surface area contributed by atoms with Crippen LogP contribution < -0.4 is 10.5 Å². The Balaban J connectivity index is 3.11. The van der Waals surface area contributed by atoms with Crippen molar-refractivity contribution in [2.24, 2.45) is 5.73 Å². The molecule has 0 saturated carbocycles. The Kier molecular flexibility index (Phi) is 3.56. The SMILES string of the molecule is NCc1c(Br)ccc(OC(F)(F)F)c1F. The smallest absolute Gasteiger partial charge is 0.403 e. The molecule has 0 fully saturated rings. The van der Waals surface area contributed by atoms with Crippen LogP contribution in [-0.2, 0) is 6.54 Å². The van der Waals surface area contributed by atoms with Crippen molar-refractivity contribution in [2.45, 2.75) is 12.9 Å². The lowest BCUT2D eigenvalue weighted by Gasteiger charge is -2.12. The van der Waals surface area contributed by atoms with Gasteiger partial charge >= 0.3 is 6.36 Å². The molecule has 0 unspecified atom stereocenters. The van der Waals surface area contributed by atoms with E-state index in [1.807, 2.05) is 0 Å². The normalized spacial score (nSPS) is 11.6. The second kappa shape index (κ2) is 4.36. The number of hydrogen-bond donors (Lipinski definition) is 1. The summed E-state index contributed by atoms with van der Waals surface area (Å²) in [5.74, 6) is -1.99. The van der Waals surface area contributed by atoms with E-state index in [9.17, 15) is 17.6 Å². The molecule has 0 spiro atoms. The Bertz CT molecular complexity index is 366. The van der Waals surface area contributed by atoms with Gasteiger partial charge in [0.25, 0.3) is 0 Å². The monoisotopic (exact) mass is 287 g/mol. The number of rotatable bonds is 2. The molecule has 0 aromatic heterocycles. The lowest BCUT2D eigenvalue weighted by atomic mass is 10.2. The third kappa shape index (κ3) is 3.07. The van der Waals surface area contributed by atoms with Crippen molar-refractivity contribution in [1.29, 1.82) is 0 Å². The molecule has 0 saturated heterocycles. The van der Waals surface area contributed by atoms with Gasteiger partial charge in [-0.1, -0.05) is 15.9 Å². The molecule has 0 aliphatic carbocycles. The zero-order valence-electron chi connectivity index (χ0n) is 7.24. The zero-order valence-corrected chi connectivity index (χ0v) is 8.82. The number of hydrogen-bond acceptors (Lipinski definition) is 2. The largest absolute Gasteiger partial charge is 0.573 e. The molecule has 84 valence electrons. The van der Waals surface area contributed by atoms with Crippen LogP contribution in [0.4, 0.5) is 17.6 Å². The lowest BCUT2D eigenvalue weighted by molar-refractivity contribution is -0.275. The molecule has 0 amide bonds. The molecule has 0 aliphatic rings. The second-order valence-electron chi connectivity index (χ2n) is 2.59. The Hall–Kier alpha value is -0.820. The third-order valence-electron chi connectivity index (χ3n) is 1.58. The Labute approximate surface area is 91.1 Å². The van der Waals surface area contributed by atoms with Gasteiger partial charge in [-0.15, -0.1) is 13.2 Å².